The minimum atomic E-state index is -0.488. The zero-order valence-electron chi connectivity index (χ0n) is 29.5. The Bertz CT molecular complexity index is 2240. The molecule has 7 aromatic carbocycles. The second kappa shape index (κ2) is 12.9. The van der Waals surface area contributed by atoms with Crippen LogP contribution in [0.2, 0.25) is 0 Å². The maximum Gasteiger partial charge on any atom is 0.0714 e. The number of hydrogen-bond acceptors (Lipinski definition) is 1. The van der Waals surface area contributed by atoms with E-state index in [1.165, 1.54) is 74.2 Å². The normalized spacial score (nSPS) is 14.1. The molecule has 0 N–H and O–H groups in total. The molecule has 0 saturated carbocycles. The first-order chi connectivity index (χ1) is 25.2. The van der Waals surface area contributed by atoms with Crippen molar-refractivity contribution >= 4 is 17.1 Å². The van der Waals surface area contributed by atoms with E-state index < -0.39 is 5.41 Å². The highest BCUT2D eigenvalue weighted by molar-refractivity contribution is 5.98. The van der Waals surface area contributed by atoms with Crippen LogP contribution in [0.3, 0.4) is 0 Å². The van der Waals surface area contributed by atoms with Crippen LogP contribution in [-0.4, -0.2) is 0 Å². The van der Waals surface area contributed by atoms with E-state index in [4.69, 9.17) is 0 Å². The lowest BCUT2D eigenvalue weighted by atomic mass is 9.67. The van der Waals surface area contributed by atoms with Crippen LogP contribution in [0.5, 0.6) is 0 Å². The van der Waals surface area contributed by atoms with Crippen LogP contribution in [0, 0.1) is 0 Å². The summed E-state index contributed by atoms with van der Waals surface area (Å²) in [5.41, 5.74) is 18.1. The van der Waals surface area contributed by atoms with Crippen molar-refractivity contribution in [3.05, 3.63) is 209 Å². The Hall–Kier alpha value is -5.66. The van der Waals surface area contributed by atoms with Crippen LogP contribution in [0.4, 0.5) is 17.1 Å². The lowest BCUT2D eigenvalue weighted by Crippen LogP contribution is -2.28. The number of hydrogen-bond donors (Lipinski definition) is 0. The summed E-state index contributed by atoms with van der Waals surface area (Å²) in [5.74, 6) is 0.384. The van der Waals surface area contributed by atoms with Gasteiger partial charge in [-0.05, 0) is 124 Å². The Kier molecular flexibility index (Phi) is 7.93. The minimum Gasteiger partial charge on any atom is -0.310 e. The Morgan fingerprint density at radius 1 is 0.490 bits per heavy atom. The van der Waals surface area contributed by atoms with Crippen molar-refractivity contribution in [3.8, 4) is 22.3 Å². The quantitative estimate of drug-likeness (QED) is 0.165. The van der Waals surface area contributed by atoms with Crippen LogP contribution in [0.25, 0.3) is 22.3 Å². The van der Waals surface area contributed by atoms with Gasteiger partial charge in [0.05, 0.1) is 11.1 Å². The van der Waals surface area contributed by atoms with E-state index in [0.717, 1.165) is 24.2 Å². The van der Waals surface area contributed by atoms with Crippen LogP contribution >= 0.6 is 0 Å². The Morgan fingerprint density at radius 3 is 1.65 bits per heavy atom. The monoisotopic (exact) mass is 657 g/mol. The first kappa shape index (κ1) is 31.3. The number of para-hydroxylation sites is 2. The van der Waals surface area contributed by atoms with Gasteiger partial charge >= 0.3 is 0 Å². The van der Waals surface area contributed by atoms with Gasteiger partial charge in [-0.15, -0.1) is 0 Å². The highest BCUT2D eigenvalue weighted by Crippen LogP contribution is 2.59. The zero-order chi connectivity index (χ0) is 34.4. The predicted molar refractivity (Wildman–Crippen MR) is 215 cm³/mol. The number of fused-ring (bicyclic) bond motifs is 4. The fourth-order valence-corrected chi connectivity index (χ4v) is 9.09. The smallest absolute Gasteiger partial charge is 0.0714 e. The molecule has 0 fully saturated rings. The molecule has 51 heavy (non-hydrogen) atoms. The average Bonchev–Trinajstić information content (AvgIpc) is 3.49. The average molecular weight is 658 g/mol. The van der Waals surface area contributed by atoms with E-state index in [0.29, 0.717) is 5.92 Å². The summed E-state index contributed by atoms with van der Waals surface area (Å²) in [7, 11) is 0. The molecule has 0 bridgehead atoms. The van der Waals surface area contributed by atoms with Gasteiger partial charge < -0.3 is 4.90 Å². The number of aryl methyl sites for hydroxylation is 1. The molecule has 0 atom stereocenters. The zero-order valence-corrected chi connectivity index (χ0v) is 29.5. The fourth-order valence-electron chi connectivity index (χ4n) is 9.09. The van der Waals surface area contributed by atoms with Gasteiger partial charge in [0.15, 0.2) is 0 Å². The van der Waals surface area contributed by atoms with Crippen LogP contribution in [-0.2, 0) is 18.3 Å². The van der Waals surface area contributed by atoms with Gasteiger partial charge in [0, 0.05) is 16.9 Å². The van der Waals surface area contributed by atoms with Crippen molar-refractivity contribution in [2.24, 2.45) is 0 Å². The molecule has 0 unspecified atom stereocenters. The highest BCUT2D eigenvalue weighted by Gasteiger charge is 2.47. The molecule has 2 aliphatic carbocycles. The van der Waals surface area contributed by atoms with E-state index >= 15 is 0 Å². The number of nitrogens with zero attached hydrogens (tertiary/aromatic N) is 1. The number of rotatable bonds is 7. The largest absolute Gasteiger partial charge is 0.310 e. The van der Waals surface area contributed by atoms with Gasteiger partial charge in [-0.3, -0.25) is 0 Å². The van der Waals surface area contributed by atoms with Gasteiger partial charge in [0.1, 0.15) is 0 Å². The molecule has 0 heterocycles. The first-order valence-electron chi connectivity index (χ1n) is 18.6. The molecule has 0 amide bonds. The molecular formula is C50H43N. The van der Waals surface area contributed by atoms with Crippen molar-refractivity contribution in [2.45, 2.75) is 50.9 Å². The molecule has 0 saturated heterocycles. The van der Waals surface area contributed by atoms with E-state index in [2.05, 4.69) is 189 Å². The topological polar surface area (TPSA) is 3.24 Å². The Labute approximate surface area is 302 Å². The molecule has 2 aliphatic rings. The molecule has 7 aromatic rings. The third kappa shape index (κ3) is 5.06. The standard InChI is InChI=1S/C50H43N/c1-35(2)41-32-31-36-19-15-16-28-42(36)49(41)45-33-44-43-29-17-18-30-46(43)50(37-20-7-3-8-21-37,38-22-9-4-10-23-38)47(44)34-48(45)51(39-24-11-5-12-25-39)40-26-13-6-14-27-40/h3-14,17-18,20-27,29-35H,15-16,19,28H2,1-2H3. The maximum absolute atomic E-state index is 2.58. The molecule has 1 nitrogen and oxygen atoms in total. The van der Waals surface area contributed by atoms with Crippen molar-refractivity contribution in [2.75, 3.05) is 4.90 Å². The Morgan fingerprint density at radius 2 is 1.04 bits per heavy atom. The summed E-state index contributed by atoms with van der Waals surface area (Å²) >= 11 is 0. The summed E-state index contributed by atoms with van der Waals surface area (Å²) in [6.45, 7) is 4.72. The minimum absolute atomic E-state index is 0.384. The molecule has 0 aromatic heterocycles. The summed E-state index contributed by atoms with van der Waals surface area (Å²) < 4.78 is 0. The second-order valence-corrected chi connectivity index (χ2v) is 14.5. The number of anilines is 3. The van der Waals surface area contributed by atoms with E-state index in [9.17, 15) is 0 Å². The lowest BCUT2D eigenvalue weighted by Gasteiger charge is -2.36. The molecule has 0 spiro atoms. The second-order valence-electron chi connectivity index (χ2n) is 14.5. The maximum atomic E-state index is 2.58. The van der Waals surface area contributed by atoms with Crippen molar-refractivity contribution < 1.29 is 0 Å². The summed E-state index contributed by atoms with van der Waals surface area (Å²) in [6, 6.07) is 63.4. The molecule has 0 aliphatic heterocycles. The lowest BCUT2D eigenvalue weighted by molar-refractivity contribution is 0.684. The molecule has 9 rings (SSSR count). The van der Waals surface area contributed by atoms with Gasteiger partial charge in [0.2, 0.25) is 0 Å². The summed E-state index contributed by atoms with van der Waals surface area (Å²) in [4.78, 5) is 2.51. The van der Waals surface area contributed by atoms with Gasteiger partial charge in [-0.2, -0.15) is 0 Å². The SMILES string of the molecule is CC(C)c1ccc2c(c1-c1cc3c(cc1N(c1ccccc1)c1ccccc1)C(c1ccccc1)(c1ccccc1)c1ccccc1-3)CCCC2. The van der Waals surface area contributed by atoms with Crippen molar-refractivity contribution in [1.82, 2.24) is 0 Å². The summed E-state index contributed by atoms with van der Waals surface area (Å²) in [6.07, 6.45) is 4.76. The molecule has 0 radical (unpaired) electrons. The summed E-state index contributed by atoms with van der Waals surface area (Å²) in [5, 5.41) is 0. The highest BCUT2D eigenvalue weighted by atomic mass is 15.1. The van der Waals surface area contributed by atoms with Gasteiger partial charge in [-0.1, -0.05) is 147 Å². The molecule has 1 heteroatoms. The van der Waals surface area contributed by atoms with Crippen LogP contribution < -0.4 is 4.90 Å². The molecular weight excluding hydrogens is 615 g/mol. The van der Waals surface area contributed by atoms with E-state index in [1.807, 2.05) is 0 Å². The van der Waals surface area contributed by atoms with Crippen LogP contribution in [0.1, 0.15) is 71.6 Å². The first-order valence-corrected chi connectivity index (χ1v) is 18.6. The third-order valence-corrected chi connectivity index (χ3v) is 11.3. The van der Waals surface area contributed by atoms with Crippen LogP contribution in [0.15, 0.2) is 170 Å². The van der Waals surface area contributed by atoms with E-state index in [-0.39, 0.29) is 0 Å². The van der Waals surface area contributed by atoms with Gasteiger partial charge in [0.25, 0.3) is 0 Å². The third-order valence-electron chi connectivity index (χ3n) is 11.3. The molecule has 248 valence electrons. The van der Waals surface area contributed by atoms with Gasteiger partial charge in [-0.25, -0.2) is 0 Å². The fraction of sp³-hybridized carbons (Fsp3) is 0.160. The Balaban J connectivity index is 1.47. The predicted octanol–water partition coefficient (Wildman–Crippen LogP) is 13.2. The van der Waals surface area contributed by atoms with Crippen molar-refractivity contribution in [1.29, 1.82) is 0 Å². The number of benzene rings is 7. The van der Waals surface area contributed by atoms with E-state index in [1.54, 1.807) is 5.56 Å². The van der Waals surface area contributed by atoms with Crippen molar-refractivity contribution in [3.63, 3.8) is 0 Å².